The largest absolute Gasteiger partial charge is 0.477 e. The summed E-state index contributed by atoms with van der Waals surface area (Å²) in [6, 6.07) is 1.15. The number of rotatable bonds is 6. The minimum Gasteiger partial charge on any atom is -0.477 e. The normalized spacial score (nSPS) is 12.6. The topological polar surface area (TPSA) is 88.4 Å². The Balaban J connectivity index is 2.96. The molecule has 0 spiro atoms. The zero-order valence-corrected chi connectivity index (χ0v) is 12.9. The van der Waals surface area contributed by atoms with Crippen LogP contribution in [0.3, 0.4) is 0 Å². The molecule has 0 unspecified atom stereocenters. The number of carboxylic acids is 1. The van der Waals surface area contributed by atoms with Crippen LogP contribution in [0.5, 0.6) is 0 Å². The highest BCUT2D eigenvalue weighted by Crippen LogP contribution is 2.21. The molecule has 6 nitrogen and oxygen atoms in total. The van der Waals surface area contributed by atoms with Crippen molar-refractivity contribution in [2.24, 2.45) is 7.05 Å². The number of aromatic nitrogens is 1. The second-order valence-electron chi connectivity index (χ2n) is 4.77. The van der Waals surface area contributed by atoms with Crippen LogP contribution in [-0.4, -0.2) is 41.6 Å². The van der Waals surface area contributed by atoms with Crippen molar-refractivity contribution < 1.29 is 18.3 Å². The van der Waals surface area contributed by atoms with Crippen molar-refractivity contribution in [3.05, 3.63) is 18.0 Å². The fourth-order valence-electron chi connectivity index (χ4n) is 1.32. The van der Waals surface area contributed by atoms with Crippen LogP contribution in [0.25, 0.3) is 0 Å². The Hall–Kier alpha value is -0.990. The summed E-state index contributed by atoms with van der Waals surface area (Å²) in [7, 11) is -2.19. The third kappa shape index (κ3) is 3.99. The number of carboxylic acid groups (broad SMARTS) is 1. The van der Waals surface area contributed by atoms with Gasteiger partial charge in [-0.3, -0.25) is 0 Å². The van der Waals surface area contributed by atoms with Crippen LogP contribution < -0.4 is 4.72 Å². The van der Waals surface area contributed by atoms with Crippen molar-refractivity contribution in [3.63, 3.8) is 0 Å². The highest BCUT2D eigenvalue weighted by atomic mass is 32.2. The van der Waals surface area contributed by atoms with E-state index < -0.39 is 16.0 Å². The van der Waals surface area contributed by atoms with Crippen molar-refractivity contribution in [3.8, 4) is 0 Å². The van der Waals surface area contributed by atoms with Gasteiger partial charge in [0, 0.05) is 24.5 Å². The zero-order valence-electron chi connectivity index (χ0n) is 11.3. The van der Waals surface area contributed by atoms with E-state index in [-0.39, 0.29) is 21.9 Å². The number of aromatic carboxylic acids is 1. The van der Waals surface area contributed by atoms with Gasteiger partial charge in [-0.15, -0.1) is 0 Å². The van der Waals surface area contributed by atoms with Gasteiger partial charge in [0.2, 0.25) is 10.0 Å². The van der Waals surface area contributed by atoms with E-state index in [4.69, 9.17) is 5.11 Å². The van der Waals surface area contributed by atoms with E-state index >= 15 is 0 Å². The van der Waals surface area contributed by atoms with Crippen LogP contribution in [0.2, 0.25) is 0 Å². The summed E-state index contributed by atoms with van der Waals surface area (Å²) in [5, 5.41) is 8.90. The number of nitrogens with one attached hydrogen (secondary N) is 1. The van der Waals surface area contributed by atoms with Gasteiger partial charge in [-0.2, -0.15) is 11.8 Å². The molecule has 0 bridgehead atoms. The molecule has 0 fully saturated rings. The van der Waals surface area contributed by atoms with Crippen molar-refractivity contribution in [1.29, 1.82) is 0 Å². The Bertz CT molecular complexity index is 576. The maximum atomic E-state index is 12.1. The Labute approximate surface area is 117 Å². The second kappa shape index (κ2) is 5.56. The summed E-state index contributed by atoms with van der Waals surface area (Å²) < 4.78 is 27.7. The Morgan fingerprint density at radius 2 is 2.11 bits per heavy atom. The van der Waals surface area contributed by atoms with Crippen LogP contribution in [0.15, 0.2) is 17.2 Å². The number of aryl methyl sites for hydroxylation is 1. The van der Waals surface area contributed by atoms with Crippen LogP contribution in [0, 0.1) is 0 Å². The SMILES string of the molecule is CSC(C)(C)CNS(=O)(=O)c1cc(C(=O)O)n(C)c1. The molecule has 0 amide bonds. The van der Waals surface area contributed by atoms with Crippen molar-refractivity contribution >= 4 is 27.8 Å². The van der Waals surface area contributed by atoms with E-state index in [1.54, 1.807) is 11.8 Å². The summed E-state index contributed by atoms with van der Waals surface area (Å²) in [6.07, 6.45) is 3.19. The van der Waals surface area contributed by atoms with E-state index in [1.165, 1.54) is 17.8 Å². The molecule has 0 saturated heterocycles. The standard InChI is InChI=1S/C11H18N2O4S2/c1-11(2,18-4)7-12-19(16,17)8-5-9(10(14)15)13(3)6-8/h5-6,12H,7H2,1-4H3,(H,14,15). The lowest BCUT2D eigenvalue weighted by Gasteiger charge is -2.21. The molecule has 0 aliphatic carbocycles. The van der Waals surface area contributed by atoms with Gasteiger partial charge in [0.15, 0.2) is 0 Å². The van der Waals surface area contributed by atoms with Crippen molar-refractivity contribution in [2.45, 2.75) is 23.5 Å². The van der Waals surface area contributed by atoms with Gasteiger partial charge in [-0.1, -0.05) is 0 Å². The van der Waals surface area contributed by atoms with Crippen molar-refractivity contribution in [1.82, 2.24) is 9.29 Å². The minimum atomic E-state index is -3.69. The predicted octanol–water partition coefficient (Wildman–Crippen LogP) is 1.14. The van der Waals surface area contributed by atoms with Gasteiger partial charge < -0.3 is 9.67 Å². The van der Waals surface area contributed by atoms with E-state index in [9.17, 15) is 13.2 Å². The molecule has 0 aliphatic rings. The molecular formula is C11H18N2O4S2. The monoisotopic (exact) mass is 306 g/mol. The Kier molecular flexibility index (Phi) is 4.70. The lowest BCUT2D eigenvalue weighted by atomic mass is 10.2. The molecule has 0 aliphatic heterocycles. The summed E-state index contributed by atoms with van der Waals surface area (Å²) in [5.74, 6) is -1.16. The quantitative estimate of drug-likeness (QED) is 0.823. The van der Waals surface area contributed by atoms with E-state index in [2.05, 4.69) is 4.72 Å². The van der Waals surface area contributed by atoms with Crippen LogP contribution in [0.4, 0.5) is 0 Å². The molecule has 1 heterocycles. The molecule has 19 heavy (non-hydrogen) atoms. The molecule has 8 heteroatoms. The lowest BCUT2D eigenvalue weighted by molar-refractivity contribution is 0.0686. The maximum absolute atomic E-state index is 12.1. The zero-order chi connectivity index (χ0) is 14.8. The average molecular weight is 306 g/mol. The van der Waals surface area contributed by atoms with Gasteiger partial charge in [-0.05, 0) is 26.2 Å². The molecule has 0 saturated carbocycles. The number of hydrogen-bond donors (Lipinski definition) is 2. The molecule has 0 aromatic carbocycles. The summed E-state index contributed by atoms with van der Waals surface area (Å²) in [6.45, 7) is 4.12. The summed E-state index contributed by atoms with van der Waals surface area (Å²) >= 11 is 1.55. The Morgan fingerprint density at radius 1 is 1.53 bits per heavy atom. The summed E-state index contributed by atoms with van der Waals surface area (Å²) in [4.78, 5) is 10.8. The van der Waals surface area contributed by atoms with Crippen LogP contribution >= 0.6 is 11.8 Å². The van der Waals surface area contributed by atoms with Gasteiger partial charge in [0.05, 0.1) is 0 Å². The van der Waals surface area contributed by atoms with Crippen LogP contribution in [-0.2, 0) is 17.1 Å². The molecule has 1 rings (SSSR count). The maximum Gasteiger partial charge on any atom is 0.352 e. The van der Waals surface area contributed by atoms with E-state index in [1.807, 2.05) is 20.1 Å². The minimum absolute atomic E-state index is 0.0377. The second-order valence-corrected chi connectivity index (χ2v) is 8.05. The number of sulfonamides is 1. The first-order valence-electron chi connectivity index (χ1n) is 5.53. The first-order chi connectivity index (χ1) is 8.59. The molecule has 0 radical (unpaired) electrons. The molecular weight excluding hydrogens is 288 g/mol. The number of hydrogen-bond acceptors (Lipinski definition) is 4. The summed E-state index contributed by atoms with van der Waals surface area (Å²) in [5.41, 5.74) is -0.0653. The van der Waals surface area contributed by atoms with Gasteiger partial charge in [0.1, 0.15) is 10.6 Å². The Morgan fingerprint density at radius 3 is 2.53 bits per heavy atom. The third-order valence-electron chi connectivity index (χ3n) is 2.75. The molecule has 1 aromatic heterocycles. The van der Waals surface area contributed by atoms with E-state index in [0.29, 0.717) is 0 Å². The van der Waals surface area contributed by atoms with Gasteiger partial charge >= 0.3 is 5.97 Å². The molecule has 0 atom stereocenters. The average Bonchev–Trinajstić information content (AvgIpc) is 2.70. The number of thioether (sulfide) groups is 1. The van der Waals surface area contributed by atoms with Crippen LogP contribution in [0.1, 0.15) is 24.3 Å². The van der Waals surface area contributed by atoms with Gasteiger partial charge in [0.25, 0.3) is 0 Å². The van der Waals surface area contributed by atoms with Gasteiger partial charge in [-0.25, -0.2) is 17.9 Å². The third-order valence-corrected chi connectivity index (χ3v) is 5.37. The fourth-order valence-corrected chi connectivity index (χ4v) is 2.91. The first-order valence-corrected chi connectivity index (χ1v) is 8.24. The van der Waals surface area contributed by atoms with Crippen molar-refractivity contribution in [2.75, 3.05) is 12.8 Å². The molecule has 1 aromatic rings. The lowest BCUT2D eigenvalue weighted by Crippen LogP contribution is -2.35. The van der Waals surface area contributed by atoms with E-state index in [0.717, 1.165) is 6.07 Å². The molecule has 2 N–H and O–H groups in total. The molecule has 108 valence electrons. The first kappa shape index (κ1) is 16.1. The highest BCUT2D eigenvalue weighted by Gasteiger charge is 2.23. The smallest absolute Gasteiger partial charge is 0.352 e. The fraction of sp³-hybridized carbons (Fsp3) is 0.545. The number of nitrogens with zero attached hydrogens (tertiary/aromatic N) is 1. The predicted molar refractivity (Wildman–Crippen MR) is 75.2 cm³/mol. The highest BCUT2D eigenvalue weighted by molar-refractivity contribution is 8.00. The number of carbonyl (C=O) groups is 1.